The molecule has 0 spiro atoms. The Labute approximate surface area is 216 Å². The topological polar surface area (TPSA) is 172 Å². The number of nitrogens with zero attached hydrogens (tertiary/aromatic N) is 2. The van der Waals surface area contributed by atoms with Crippen LogP contribution < -0.4 is 45.7 Å². The summed E-state index contributed by atoms with van der Waals surface area (Å²) in [5.74, 6) is -3.21. The fourth-order valence-corrected chi connectivity index (χ4v) is 3.13. The molecule has 0 aliphatic rings. The Morgan fingerprint density at radius 3 is 2.62 bits per heavy atom. The van der Waals surface area contributed by atoms with E-state index in [9.17, 15) is 29.5 Å². The van der Waals surface area contributed by atoms with Crippen LogP contribution in [0.2, 0.25) is 0 Å². The summed E-state index contributed by atoms with van der Waals surface area (Å²) in [5, 5.41) is 42.8. The molecular weight excluding hydrogens is 454 g/mol. The molecule has 5 N–H and O–H groups in total. The van der Waals surface area contributed by atoms with Gasteiger partial charge in [0.1, 0.15) is 29.4 Å². The van der Waals surface area contributed by atoms with Crippen molar-refractivity contribution < 1.29 is 58.9 Å². The number of hydrogen-bond donors (Lipinski definition) is 4. The van der Waals surface area contributed by atoms with E-state index in [1.54, 1.807) is 12.1 Å². The number of aliphatic carboxylic acids is 1. The Bertz CT molecular complexity index is 1280. The van der Waals surface area contributed by atoms with Crippen LogP contribution in [-0.4, -0.2) is 33.2 Å². The fourth-order valence-electron chi connectivity index (χ4n) is 3.13. The number of aliphatic hydroxyl groups excluding tert-OH is 1. The van der Waals surface area contributed by atoms with Gasteiger partial charge in [-0.1, -0.05) is 23.9 Å². The van der Waals surface area contributed by atoms with Crippen molar-refractivity contribution in [3.63, 3.8) is 0 Å². The van der Waals surface area contributed by atoms with Crippen molar-refractivity contribution >= 4 is 23.4 Å². The van der Waals surface area contributed by atoms with E-state index in [-0.39, 0.29) is 70.7 Å². The second-order valence-corrected chi connectivity index (χ2v) is 7.09. The van der Waals surface area contributed by atoms with Gasteiger partial charge >= 0.3 is 35.5 Å². The number of carbonyl (C=O) groups is 2. The van der Waals surface area contributed by atoms with Crippen molar-refractivity contribution in [1.82, 2.24) is 4.98 Å². The van der Waals surface area contributed by atoms with Crippen LogP contribution in [0.4, 0.5) is 15.9 Å². The van der Waals surface area contributed by atoms with Crippen molar-refractivity contribution in [3.05, 3.63) is 59.9 Å². The zero-order valence-corrected chi connectivity index (χ0v) is 20.1. The second-order valence-electron chi connectivity index (χ2n) is 7.09. The molecule has 0 saturated carbocycles. The van der Waals surface area contributed by atoms with Crippen molar-refractivity contribution in [1.29, 1.82) is 5.26 Å². The molecule has 2 aromatic carbocycles. The third kappa shape index (κ3) is 6.30. The fraction of sp³-hybridized carbons (Fsp3) is 0.130. The first-order valence-corrected chi connectivity index (χ1v) is 9.68. The van der Waals surface area contributed by atoms with Crippen molar-refractivity contribution in [2.75, 3.05) is 11.1 Å². The molecule has 0 radical (unpaired) electrons. The molecule has 34 heavy (non-hydrogen) atoms. The number of aliphatic hydroxyl groups is 1. The van der Waals surface area contributed by atoms with Gasteiger partial charge in [0, 0.05) is 17.7 Å². The van der Waals surface area contributed by atoms with Crippen molar-refractivity contribution in [2.24, 2.45) is 0 Å². The Morgan fingerprint density at radius 2 is 1.94 bits per heavy atom. The number of nitriles is 1. The summed E-state index contributed by atoms with van der Waals surface area (Å²) >= 11 is 0. The van der Waals surface area contributed by atoms with Gasteiger partial charge in [-0.15, -0.1) is 0 Å². The molecule has 3 rings (SSSR count). The molecule has 0 aliphatic carbocycles. The van der Waals surface area contributed by atoms with E-state index < -0.39 is 29.5 Å². The number of rotatable bonds is 7. The number of amides is 1. The van der Waals surface area contributed by atoms with E-state index in [4.69, 9.17) is 10.8 Å². The predicted octanol–water partition coefficient (Wildman–Crippen LogP) is -0.750. The number of hydrogen-bond acceptors (Lipinski definition) is 7. The van der Waals surface area contributed by atoms with E-state index in [1.807, 2.05) is 6.07 Å². The molecule has 1 unspecified atom stereocenters. The maximum absolute atomic E-state index is 13.7. The van der Waals surface area contributed by atoms with Gasteiger partial charge in [-0.2, -0.15) is 5.26 Å². The van der Waals surface area contributed by atoms with Gasteiger partial charge in [0.2, 0.25) is 0 Å². The largest absolute Gasteiger partial charge is 1.00 e. The molecule has 3 aromatic rings. The predicted molar refractivity (Wildman–Crippen MR) is 115 cm³/mol. The van der Waals surface area contributed by atoms with E-state index >= 15 is 0 Å². The smallest absolute Gasteiger partial charge is 0.872 e. The number of benzene rings is 2. The van der Waals surface area contributed by atoms with Crippen LogP contribution in [-0.2, 0) is 9.59 Å². The Balaban J connectivity index is 0.00000408. The minimum atomic E-state index is -1.52. The molecule has 1 aromatic heterocycles. The molecule has 0 saturated heterocycles. The van der Waals surface area contributed by atoms with Crippen LogP contribution in [0.1, 0.15) is 18.4 Å². The standard InChI is InChI=1S/C23H19FN4O5.Na/c24-13-4-5-19(29)16(9-13)18-10-15(17(11-25)22(26)28-18)12-2-1-3-14(8-12)27-23(33)20(30)6-7-21(31)32;/h1-5,8-10,20,29-30H,6-7H2,(H2,26,28)(H,27,33)(H,31,32);/q;+1/p-1. The number of nitrogens with two attached hydrogens (primary N) is 1. The normalized spacial score (nSPS) is 11.1. The first-order chi connectivity index (χ1) is 15.7. The summed E-state index contributed by atoms with van der Waals surface area (Å²) < 4.78 is 13.7. The van der Waals surface area contributed by atoms with Gasteiger partial charge in [0.05, 0.1) is 5.69 Å². The molecule has 0 aliphatic heterocycles. The third-order valence-corrected chi connectivity index (χ3v) is 4.75. The average Bonchev–Trinajstić information content (AvgIpc) is 2.78. The number of anilines is 2. The van der Waals surface area contributed by atoms with E-state index in [0.29, 0.717) is 11.1 Å². The Kier molecular flexibility index (Phi) is 9.11. The van der Waals surface area contributed by atoms with Gasteiger partial charge in [-0.3, -0.25) is 9.59 Å². The molecular formula is C23H18FN4NaO5. The summed E-state index contributed by atoms with van der Waals surface area (Å²) in [6, 6.07) is 12.7. The number of nitrogens with one attached hydrogen (secondary N) is 1. The summed E-state index contributed by atoms with van der Waals surface area (Å²) in [6.07, 6.45) is -2.15. The summed E-state index contributed by atoms with van der Waals surface area (Å²) in [5.41, 5.74) is 6.99. The maximum Gasteiger partial charge on any atom is 1.00 e. The number of carboxylic acids is 1. The van der Waals surface area contributed by atoms with Crippen LogP contribution in [0.5, 0.6) is 5.75 Å². The number of nitrogen functional groups attached to an aromatic ring is 1. The molecule has 1 heterocycles. The minimum Gasteiger partial charge on any atom is -0.872 e. The average molecular weight is 472 g/mol. The molecule has 0 fully saturated rings. The van der Waals surface area contributed by atoms with Gasteiger partial charge in [-0.05, 0) is 47.9 Å². The first kappa shape index (κ1) is 26.8. The number of halogens is 1. The first-order valence-electron chi connectivity index (χ1n) is 9.68. The van der Waals surface area contributed by atoms with Crippen LogP contribution in [0, 0.1) is 17.1 Å². The Hall–Kier alpha value is -3.49. The zero-order valence-electron chi connectivity index (χ0n) is 18.1. The van der Waals surface area contributed by atoms with Crippen LogP contribution in [0.15, 0.2) is 48.5 Å². The molecule has 9 nitrogen and oxygen atoms in total. The summed E-state index contributed by atoms with van der Waals surface area (Å²) in [6.45, 7) is 0. The number of carbonyl (C=O) groups excluding carboxylic acids is 1. The van der Waals surface area contributed by atoms with E-state index in [2.05, 4.69) is 10.3 Å². The number of aromatic nitrogens is 1. The van der Waals surface area contributed by atoms with Crippen LogP contribution in [0.3, 0.4) is 0 Å². The van der Waals surface area contributed by atoms with E-state index in [1.165, 1.54) is 18.2 Å². The Morgan fingerprint density at radius 1 is 1.21 bits per heavy atom. The van der Waals surface area contributed by atoms with Crippen LogP contribution in [0.25, 0.3) is 22.4 Å². The van der Waals surface area contributed by atoms with Crippen molar-refractivity contribution in [2.45, 2.75) is 18.9 Å². The summed E-state index contributed by atoms with van der Waals surface area (Å²) in [4.78, 5) is 26.8. The maximum atomic E-state index is 13.7. The molecule has 168 valence electrons. The molecule has 1 atom stereocenters. The van der Waals surface area contributed by atoms with Crippen LogP contribution >= 0.6 is 0 Å². The zero-order chi connectivity index (χ0) is 24.1. The molecule has 1 amide bonds. The van der Waals surface area contributed by atoms with Gasteiger partial charge < -0.3 is 26.4 Å². The van der Waals surface area contributed by atoms with E-state index in [0.717, 1.165) is 18.2 Å². The summed E-state index contributed by atoms with van der Waals surface area (Å²) in [7, 11) is 0. The quantitative estimate of drug-likeness (QED) is 0.325. The van der Waals surface area contributed by atoms with Gasteiger partial charge in [0.25, 0.3) is 5.91 Å². The number of carboxylic acid groups (broad SMARTS) is 1. The minimum absolute atomic E-state index is 0. The number of pyridine rings is 1. The van der Waals surface area contributed by atoms with Gasteiger partial charge in [0.15, 0.2) is 0 Å². The van der Waals surface area contributed by atoms with Crippen molar-refractivity contribution in [3.8, 4) is 34.2 Å². The second kappa shape index (κ2) is 11.6. The third-order valence-electron chi connectivity index (χ3n) is 4.75. The monoisotopic (exact) mass is 472 g/mol. The molecule has 11 heteroatoms. The van der Waals surface area contributed by atoms with Gasteiger partial charge in [-0.25, -0.2) is 9.37 Å². The SMILES string of the molecule is N#Cc1c(-c2cccc(NC(=O)C(O)CCC(=O)O)c2)cc(-c2cc(F)ccc2[O-])nc1N.[Na+]. The molecule has 0 bridgehead atoms.